The zero-order chi connectivity index (χ0) is 7.82. The maximum absolute atomic E-state index is 8.77. The molecular weight excluding hydrogens is 128 g/mol. The Balaban J connectivity index is 3.16. The Bertz CT molecular complexity index is 97.4. The van der Waals surface area contributed by atoms with Crippen molar-refractivity contribution in [1.82, 2.24) is 0 Å². The van der Waals surface area contributed by atoms with Crippen LogP contribution in [-0.4, -0.2) is 16.8 Å². The molecule has 0 heterocycles. The first-order chi connectivity index (χ1) is 4.81. The molecule has 2 N–H and O–H groups in total. The highest BCUT2D eigenvalue weighted by molar-refractivity contribution is 4.89. The number of rotatable bonds is 5. The first-order valence-corrected chi connectivity index (χ1v) is 3.80. The molecule has 0 unspecified atom stereocenters. The number of allylic oxidation sites excluding steroid dienone is 1. The second-order valence-corrected chi connectivity index (χ2v) is 2.35. The molecule has 0 aromatic rings. The van der Waals surface area contributed by atoms with E-state index >= 15 is 0 Å². The molecule has 0 radical (unpaired) electrons. The lowest BCUT2D eigenvalue weighted by Crippen LogP contribution is -1.87. The van der Waals surface area contributed by atoms with Crippen LogP contribution in [0.25, 0.3) is 0 Å². The van der Waals surface area contributed by atoms with Crippen molar-refractivity contribution in [3.05, 3.63) is 11.8 Å². The quantitative estimate of drug-likeness (QED) is 0.457. The number of hydrogen-bond acceptors (Lipinski definition) is 2. The second kappa shape index (κ2) is 6.62. The van der Waals surface area contributed by atoms with Crippen molar-refractivity contribution in [3.63, 3.8) is 0 Å². The van der Waals surface area contributed by atoms with Gasteiger partial charge < -0.3 is 10.2 Å². The maximum atomic E-state index is 8.77. The highest BCUT2D eigenvalue weighted by Gasteiger charge is 1.87. The van der Waals surface area contributed by atoms with E-state index in [2.05, 4.69) is 6.92 Å². The van der Waals surface area contributed by atoms with Crippen molar-refractivity contribution in [2.75, 3.05) is 6.61 Å². The fourth-order valence-electron chi connectivity index (χ4n) is 0.728. The van der Waals surface area contributed by atoms with E-state index in [0.717, 1.165) is 12.8 Å². The van der Waals surface area contributed by atoms with Gasteiger partial charge in [0.2, 0.25) is 0 Å². The SMILES string of the molecule is CCCCC/C=C(\O)CO. The topological polar surface area (TPSA) is 40.5 Å². The third-order valence-electron chi connectivity index (χ3n) is 1.35. The average Bonchev–Trinajstić information content (AvgIpc) is 1.98. The number of hydrogen-bond donors (Lipinski definition) is 2. The molecule has 0 aliphatic carbocycles. The van der Waals surface area contributed by atoms with Gasteiger partial charge in [0.15, 0.2) is 0 Å². The summed E-state index contributed by atoms with van der Waals surface area (Å²) in [6.45, 7) is 1.90. The summed E-state index contributed by atoms with van der Waals surface area (Å²) in [6.07, 6.45) is 6.03. The van der Waals surface area contributed by atoms with Crippen LogP contribution in [0.5, 0.6) is 0 Å². The monoisotopic (exact) mass is 144 g/mol. The van der Waals surface area contributed by atoms with E-state index in [9.17, 15) is 0 Å². The molecule has 0 spiro atoms. The molecule has 0 saturated heterocycles. The van der Waals surface area contributed by atoms with Crippen molar-refractivity contribution in [3.8, 4) is 0 Å². The predicted octanol–water partition coefficient (Wildman–Crippen LogP) is 2.00. The fraction of sp³-hybridized carbons (Fsp3) is 0.750. The van der Waals surface area contributed by atoms with Gasteiger partial charge in [-0.2, -0.15) is 0 Å². The van der Waals surface area contributed by atoms with Gasteiger partial charge in [-0.25, -0.2) is 0 Å². The first kappa shape index (κ1) is 9.50. The minimum Gasteiger partial charge on any atom is -0.510 e. The van der Waals surface area contributed by atoms with Gasteiger partial charge in [0.25, 0.3) is 0 Å². The molecule has 60 valence electrons. The molecule has 0 atom stereocenters. The Morgan fingerprint density at radius 1 is 1.40 bits per heavy atom. The highest BCUT2D eigenvalue weighted by Crippen LogP contribution is 2.01. The zero-order valence-electron chi connectivity index (χ0n) is 6.51. The summed E-state index contributed by atoms with van der Waals surface area (Å²) in [6, 6.07) is 0. The van der Waals surface area contributed by atoms with E-state index in [1.807, 2.05) is 0 Å². The molecule has 2 nitrogen and oxygen atoms in total. The van der Waals surface area contributed by atoms with Crippen molar-refractivity contribution in [2.24, 2.45) is 0 Å². The summed E-state index contributed by atoms with van der Waals surface area (Å²) in [4.78, 5) is 0. The van der Waals surface area contributed by atoms with Gasteiger partial charge in [0.1, 0.15) is 5.76 Å². The highest BCUT2D eigenvalue weighted by atomic mass is 16.3. The Morgan fingerprint density at radius 3 is 2.60 bits per heavy atom. The minimum atomic E-state index is -0.230. The van der Waals surface area contributed by atoms with Crippen LogP contribution in [-0.2, 0) is 0 Å². The van der Waals surface area contributed by atoms with E-state index in [1.54, 1.807) is 6.08 Å². The summed E-state index contributed by atoms with van der Waals surface area (Å²) in [5.74, 6) is 0.0936. The Morgan fingerprint density at radius 2 is 2.10 bits per heavy atom. The van der Waals surface area contributed by atoms with E-state index in [-0.39, 0.29) is 12.4 Å². The summed E-state index contributed by atoms with van der Waals surface area (Å²) < 4.78 is 0. The van der Waals surface area contributed by atoms with Gasteiger partial charge in [0, 0.05) is 0 Å². The number of aliphatic hydroxyl groups is 2. The summed E-state index contributed by atoms with van der Waals surface area (Å²) in [5, 5.41) is 17.1. The van der Waals surface area contributed by atoms with Crippen LogP contribution in [0, 0.1) is 0 Å². The summed E-state index contributed by atoms with van der Waals surface area (Å²) in [7, 11) is 0. The molecule has 10 heavy (non-hydrogen) atoms. The van der Waals surface area contributed by atoms with Gasteiger partial charge >= 0.3 is 0 Å². The molecule has 0 rings (SSSR count). The largest absolute Gasteiger partial charge is 0.510 e. The van der Waals surface area contributed by atoms with Crippen LogP contribution >= 0.6 is 0 Å². The number of unbranched alkanes of at least 4 members (excludes halogenated alkanes) is 3. The van der Waals surface area contributed by atoms with Crippen molar-refractivity contribution < 1.29 is 10.2 Å². The fourth-order valence-corrected chi connectivity index (χ4v) is 0.728. The molecule has 0 amide bonds. The third-order valence-corrected chi connectivity index (χ3v) is 1.35. The third kappa shape index (κ3) is 5.63. The lowest BCUT2D eigenvalue weighted by atomic mass is 10.2. The average molecular weight is 144 g/mol. The lowest BCUT2D eigenvalue weighted by Gasteiger charge is -1.93. The van der Waals surface area contributed by atoms with Gasteiger partial charge in [-0.05, 0) is 18.9 Å². The second-order valence-electron chi connectivity index (χ2n) is 2.35. The molecule has 0 bridgehead atoms. The van der Waals surface area contributed by atoms with E-state index < -0.39 is 0 Å². The van der Waals surface area contributed by atoms with Crippen LogP contribution in [0.2, 0.25) is 0 Å². The van der Waals surface area contributed by atoms with Crippen LogP contribution < -0.4 is 0 Å². The Labute approximate surface area is 62.2 Å². The molecule has 0 fully saturated rings. The molecule has 0 aliphatic rings. The van der Waals surface area contributed by atoms with Gasteiger partial charge in [-0.1, -0.05) is 19.8 Å². The molecule has 0 aliphatic heterocycles. The lowest BCUT2D eigenvalue weighted by molar-refractivity contribution is 0.252. The van der Waals surface area contributed by atoms with Crippen LogP contribution in [0.4, 0.5) is 0 Å². The number of aliphatic hydroxyl groups excluding tert-OH is 2. The van der Waals surface area contributed by atoms with E-state index in [0.29, 0.717) is 0 Å². The molecule has 0 saturated carbocycles. The molecule has 2 heteroatoms. The Kier molecular flexibility index (Phi) is 6.29. The van der Waals surface area contributed by atoms with Crippen LogP contribution in [0.15, 0.2) is 11.8 Å². The molecular formula is C8H16O2. The molecule has 0 aromatic heterocycles. The normalized spacial score (nSPS) is 12.0. The first-order valence-electron chi connectivity index (χ1n) is 3.80. The van der Waals surface area contributed by atoms with Crippen molar-refractivity contribution in [2.45, 2.75) is 32.6 Å². The van der Waals surface area contributed by atoms with E-state index in [1.165, 1.54) is 12.8 Å². The van der Waals surface area contributed by atoms with Gasteiger partial charge in [0.05, 0.1) is 6.61 Å². The minimum absolute atomic E-state index is 0.0936. The van der Waals surface area contributed by atoms with Gasteiger partial charge in [-0.3, -0.25) is 0 Å². The Hall–Kier alpha value is -0.500. The summed E-state index contributed by atoms with van der Waals surface area (Å²) in [5.41, 5.74) is 0. The molecule has 0 aromatic carbocycles. The zero-order valence-corrected chi connectivity index (χ0v) is 6.51. The van der Waals surface area contributed by atoms with Crippen molar-refractivity contribution >= 4 is 0 Å². The standard InChI is InChI=1S/C8H16O2/c1-2-3-4-5-6-8(10)7-9/h6,9-10H,2-5,7H2,1H3/b8-6-. The van der Waals surface area contributed by atoms with Crippen molar-refractivity contribution in [1.29, 1.82) is 0 Å². The van der Waals surface area contributed by atoms with E-state index in [4.69, 9.17) is 10.2 Å². The smallest absolute Gasteiger partial charge is 0.114 e. The van der Waals surface area contributed by atoms with Crippen LogP contribution in [0.3, 0.4) is 0 Å². The maximum Gasteiger partial charge on any atom is 0.114 e. The van der Waals surface area contributed by atoms with Crippen LogP contribution in [0.1, 0.15) is 32.6 Å². The predicted molar refractivity (Wildman–Crippen MR) is 41.9 cm³/mol. The van der Waals surface area contributed by atoms with Gasteiger partial charge in [-0.15, -0.1) is 0 Å². The summed E-state index contributed by atoms with van der Waals surface area (Å²) >= 11 is 0.